The van der Waals surface area contributed by atoms with Gasteiger partial charge in [-0.3, -0.25) is 0 Å². The Morgan fingerprint density at radius 2 is 2.17 bits per heavy atom. The summed E-state index contributed by atoms with van der Waals surface area (Å²) in [5.74, 6) is -0.664. The molecule has 0 saturated carbocycles. The van der Waals surface area contributed by atoms with Gasteiger partial charge in [-0.1, -0.05) is 23.8 Å². The minimum Gasteiger partial charge on any atom is -0.393 e. The van der Waals surface area contributed by atoms with Crippen LogP contribution in [0.2, 0.25) is 5.02 Å². The summed E-state index contributed by atoms with van der Waals surface area (Å²) < 4.78 is 38.9. The number of benzene rings is 1. The smallest absolute Gasteiger partial charge is 0.242 e. The van der Waals surface area contributed by atoms with Crippen LogP contribution in [0.1, 0.15) is 12.8 Å². The molecule has 1 aromatic carbocycles. The van der Waals surface area contributed by atoms with Crippen LogP contribution in [0.25, 0.3) is 0 Å². The van der Waals surface area contributed by atoms with Crippen LogP contribution in [0.5, 0.6) is 0 Å². The second-order valence-corrected chi connectivity index (χ2v) is 6.21. The van der Waals surface area contributed by atoms with Crippen LogP contribution in [0.3, 0.4) is 0 Å². The molecule has 0 bridgehead atoms. The van der Waals surface area contributed by atoms with E-state index < -0.39 is 15.8 Å². The van der Waals surface area contributed by atoms with Crippen LogP contribution in [-0.4, -0.2) is 20.0 Å². The molecule has 8 heteroatoms. The molecule has 0 aromatic heterocycles. The van der Waals surface area contributed by atoms with Crippen LogP contribution in [0, 0.1) is 5.82 Å². The van der Waals surface area contributed by atoms with Crippen molar-refractivity contribution in [3.8, 4) is 0 Å². The summed E-state index contributed by atoms with van der Waals surface area (Å²) in [5.41, 5.74) is 5.28. The Labute approximate surface area is 115 Å². The minimum atomic E-state index is -3.82. The second kappa shape index (κ2) is 6.42. The van der Waals surface area contributed by atoms with Crippen LogP contribution >= 0.6 is 23.8 Å². The molecule has 100 valence electrons. The van der Waals surface area contributed by atoms with E-state index >= 15 is 0 Å². The molecule has 0 spiro atoms. The summed E-state index contributed by atoms with van der Waals surface area (Å²) in [6.07, 6.45) is 0.913. The third-order valence-electron chi connectivity index (χ3n) is 2.07. The van der Waals surface area contributed by atoms with Gasteiger partial charge in [-0.25, -0.2) is 17.5 Å². The highest BCUT2D eigenvalue weighted by Crippen LogP contribution is 2.21. The molecule has 0 unspecified atom stereocenters. The summed E-state index contributed by atoms with van der Waals surface area (Å²) in [7, 11) is -3.82. The molecule has 0 aliphatic rings. The first kappa shape index (κ1) is 15.3. The molecular weight excluding hydrogens is 299 g/mol. The van der Waals surface area contributed by atoms with Crippen LogP contribution in [0.4, 0.5) is 4.39 Å². The van der Waals surface area contributed by atoms with Gasteiger partial charge < -0.3 is 5.73 Å². The van der Waals surface area contributed by atoms with Gasteiger partial charge in [0.15, 0.2) is 0 Å². The van der Waals surface area contributed by atoms with Crippen molar-refractivity contribution >= 4 is 38.8 Å². The Kier molecular flexibility index (Phi) is 5.46. The number of nitrogens with one attached hydrogen (secondary N) is 1. The first-order valence-corrected chi connectivity index (χ1v) is 7.33. The zero-order chi connectivity index (χ0) is 13.8. The van der Waals surface area contributed by atoms with E-state index in [1.807, 2.05) is 0 Å². The SMILES string of the molecule is NC(=S)CCCNS(=O)(=O)c1cc(F)ccc1Cl. The number of rotatable bonds is 6. The van der Waals surface area contributed by atoms with E-state index in [1.165, 1.54) is 6.07 Å². The third kappa shape index (κ3) is 4.49. The summed E-state index contributed by atoms with van der Waals surface area (Å²) in [4.78, 5) is 0.0393. The van der Waals surface area contributed by atoms with Gasteiger partial charge in [0.25, 0.3) is 0 Å². The monoisotopic (exact) mass is 310 g/mol. The molecule has 3 N–H and O–H groups in total. The van der Waals surface area contributed by atoms with Gasteiger partial charge in [-0.05, 0) is 31.0 Å². The Morgan fingerprint density at radius 1 is 1.50 bits per heavy atom. The zero-order valence-corrected chi connectivity index (χ0v) is 11.7. The van der Waals surface area contributed by atoms with E-state index in [9.17, 15) is 12.8 Å². The third-order valence-corrected chi connectivity index (χ3v) is 4.22. The average Bonchev–Trinajstić information content (AvgIpc) is 2.27. The van der Waals surface area contributed by atoms with Gasteiger partial charge >= 0.3 is 0 Å². The minimum absolute atomic E-state index is 0.0294. The number of halogens is 2. The molecule has 0 saturated heterocycles. The molecule has 0 amide bonds. The lowest BCUT2D eigenvalue weighted by atomic mass is 10.3. The van der Waals surface area contributed by atoms with Crippen molar-refractivity contribution in [1.29, 1.82) is 0 Å². The van der Waals surface area contributed by atoms with Gasteiger partial charge in [0.1, 0.15) is 10.7 Å². The van der Waals surface area contributed by atoms with Crippen molar-refractivity contribution in [2.24, 2.45) is 5.73 Å². The number of hydrogen-bond donors (Lipinski definition) is 2. The molecule has 0 fully saturated rings. The average molecular weight is 311 g/mol. The lowest BCUT2D eigenvalue weighted by Gasteiger charge is -2.08. The summed E-state index contributed by atoms with van der Waals surface area (Å²) in [5, 5.41) is -0.0294. The Hall–Kier alpha value is -0.760. The van der Waals surface area contributed by atoms with E-state index in [2.05, 4.69) is 16.9 Å². The fraction of sp³-hybridized carbons (Fsp3) is 0.300. The lowest BCUT2D eigenvalue weighted by Crippen LogP contribution is -2.26. The maximum Gasteiger partial charge on any atom is 0.242 e. The van der Waals surface area contributed by atoms with Crippen molar-refractivity contribution in [3.05, 3.63) is 29.0 Å². The molecule has 1 aromatic rings. The maximum absolute atomic E-state index is 13.0. The number of nitrogens with two attached hydrogens (primary N) is 1. The quantitative estimate of drug-likeness (QED) is 0.621. The highest BCUT2D eigenvalue weighted by Gasteiger charge is 2.18. The zero-order valence-electron chi connectivity index (χ0n) is 9.32. The summed E-state index contributed by atoms with van der Waals surface area (Å²) in [6.45, 7) is 0.159. The predicted octanol–water partition coefficient (Wildman–Crippen LogP) is 1.82. The number of hydrogen-bond acceptors (Lipinski definition) is 3. The molecule has 0 aliphatic carbocycles. The molecule has 0 atom stereocenters. The largest absolute Gasteiger partial charge is 0.393 e. The van der Waals surface area contributed by atoms with E-state index in [0.29, 0.717) is 17.8 Å². The maximum atomic E-state index is 13.0. The predicted molar refractivity (Wildman–Crippen MR) is 72.6 cm³/mol. The van der Waals surface area contributed by atoms with Crippen LogP contribution < -0.4 is 10.5 Å². The Balaban J connectivity index is 2.74. The van der Waals surface area contributed by atoms with Gasteiger partial charge in [-0.2, -0.15) is 0 Å². The highest BCUT2D eigenvalue weighted by atomic mass is 35.5. The van der Waals surface area contributed by atoms with Gasteiger partial charge in [0.2, 0.25) is 10.0 Å². The van der Waals surface area contributed by atoms with Crippen molar-refractivity contribution < 1.29 is 12.8 Å². The molecule has 0 radical (unpaired) electrons. The van der Waals surface area contributed by atoms with E-state index in [0.717, 1.165) is 12.1 Å². The summed E-state index contributed by atoms with van der Waals surface area (Å²) in [6, 6.07) is 3.16. The van der Waals surface area contributed by atoms with Crippen LogP contribution in [0.15, 0.2) is 23.1 Å². The van der Waals surface area contributed by atoms with E-state index in [-0.39, 0.29) is 16.5 Å². The molecule has 0 aliphatic heterocycles. The van der Waals surface area contributed by atoms with Crippen LogP contribution in [-0.2, 0) is 10.0 Å². The van der Waals surface area contributed by atoms with Crippen molar-refractivity contribution in [2.75, 3.05) is 6.54 Å². The summed E-state index contributed by atoms with van der Waals surface area (Å²) >= 11 is 10.4. The fourth-order valence-electron chi connectivity index (χ4n) is 1.23. The van der Waals surface area contributed by atoms with E-state index in [4.69, 9.17) is 17.3 Å². The van der Waals surface area contributed by atoms with E-state index in [1.54, 1.807) is 0 Å². The van der Waals surface area contributed by atoms with Gasteiger partial charge in [0.05, 0.1) is 10.0 Å². The van der Waals surface area contributed by atoms with Gasteiger partial charge in [0, 0.05) is 6.54 Å². The topological polar surface area (TPSA) is 72.2 Å². The van der Waals surface area contributed by atoms with Crippen molar-refractivity contribution in [1.82, 2.24) is 4.72 Å². The first-order chi connectivity index (χ1) is 8.33. The molecule has 0 heterocycles. The second-order valence-electron chi connectivity index (χ2n) is 3.54. The Bertz CT molecular complexity index is 549. The van der Waals surface area contributed by atoms with Gasteiger partial charge in [-0.15, -0.1) is 0 Å². The molecule has 4 nitrogen and oxygen atoms in total. The fourth-order valence-corrected chi connectivity index (χ4v) is 2.96. The normalized spacial score (nSPS) is 11.4. The van der Waals surface area contributed by atoms with Crippen molar-refractivity contribution in [3.63, 3.8) is 0 Å². The van der Waals surface area contributed by atoms with Crippen molar-refractivity contribution in [2.45, 2.75) is 17.7 Å². The lowest BCUT2D eigenvalue weighted by molar-refractivity contribution is 0.576. The molecular formula is C10H12ClFN2O2S2. The number of sulfonamides is 1. The highest BCUT2D eigenvalue weighted by molar-refractivity contribution is 7.89. The Morgan fingerprint density at radius 3 is 2.78 bits per heavy atom. The molecule has 18 heavy (non-hydrogen) atoms. The first-order valence-electron chi connectivity index (χ1n) is 5.06. The molecule has 1 rings (SSSR count). The number of thiocarbonyl (C=S) groups is 1. The standard InChI is InChI=1S/C10H12ClFN2O2S2/c11-8-4-3-7(12)6-9(8)18(15,16)14-5-1-2-10(13)17/h3-4,6,14H,1-2,5H2,(H2,13,17).